The van der Waals surface area contributed by atoms with E-state index in [0.29, 0.717) is 0 Å². The Labute approximate surface area is 134 Å². The summed E-state index contributed by atoms with van der Waals surface area (Å²) in [6.07, 6.45) is 6.41. The Morgan fingerprint density at radius 1 is 1.26 bits per heavy atom. The molecule has 1 aliphatic heterocycles. The van der Waals surface area contributed by atoms with Crippen LogP contribution in [-0.2, 0) is 13.6 Å². The molecule has 23 heavy (non-hydrogen) atoms. The largest absolute Gasteiger partial charge is 0.330 e. The third-order valence-corrected chi connectivity index (χ3v) is 4.59. The predicted molar refractivity (Wildman–Crippen MR) is 88.1 cm³/mol. The molecule has 6 nitrogen and oxygen atoms in total. The smallest absolute Gasteiger partial charge is 0.297 e. The molecule has 1 fully saturated rings. The third kappa shape index (κ3) is 2.45. The van der Waals surface area contributed by atoms with E-state index in [1.165, 1.54) is 5.56 Å². The van der Waals surface area contributed by atoms with Crippen molar-refractivity contribution in [3.63, 3.8) is 0 Å². The summed E-state index contributed by atoms with van der Waals surface area (Å²) >= 11 is 0. The lowest BCUT2D eigenvalue weighted by Crippen LogP contribution is -2.28. The Balaban J connectivity index is 1.61. The van der Waals surface area contributed by atoms with E-state index < -0.39 is 0 Å². The number of aryl methyl sites for hydroxylation is 1. The summed E-state index contributed by atoms with van der Waals surface area (Å²) in [6, 6.07) is 8.05. The molecule has 3 aromatic heterocycles. The van der Waals surface area contributed by atoms with Crippen molar-refractivity contribution in [1.82, 2.24) is 24.0 Å². The number of rotatable bonds is 3. The fraction of sp³-hybridized carbons (Fsp3) is 0.353. The van der Waals surface area contributed by atoms with Gasteiger partial charge in [-0.25, -0.2) is 9.78 Å². The van der Waals surface area contributed by atoms with Crippen LogP contribution in [0.1, 0.15) is 18.0 Å². The van der Waals surface area contributed by atoms with Gasteiger partial charge in [0.25, 0.3) is 0 Å². The highest BCUT2D eigenvalue weighted by Gasteiger charge is 2.27. The molecule has 4 rings (SSSR count). The molecule has 0 aliphatic carbocycles. The zero-order chi connectivity index (χ0) is 15.8. The van der Waals surface area contributed by atoms with E-state index in [0.717, 1.165) is 37.2 Å². The normalized spacial score (nSPS) is 18.7. The van der Waals surface area contributed by atoms with Crippen LogP contribution in [0.25, 0.3) is 11.2 Å². The molecule has 3 aromatic rings. The summed E-state index contributed by atoms with van der Waals surface area (Å²) in [7, 11) is 1.81. The molecular weight excluding hydrogens is 290 g/mol. The Morgan fingerprint density at radius 2 is 2.13 bits per heavy atom. The molecular formula is C17H19N5O. The third-order valence-electron chi connectivity index (χ3n) is 4.59. The van der Waals surface area contributed by atoms with E-state index in [1.54, 1.807) is 17.0 Å². The minimum Gasteiger partial charge on any atom is -0.297 e. The summed E-state index contributed by atoms with van der Waals surface area (Å²) < 4.78 is 3.55. The number of likely N-dealkylation sites (tertiary alicyclic amines) is 1. The average Bonchev–Trinajstić information content (AvgIpc) is 3.12. The molecule has 0 N–H and O–H groups in total. The van der Waals surface area contributed by atoms with Crippen LogP contribution in [0.4, 0.5) is 0 Å². The first-order valence-electron chi connectivity index (χ1n) is 7.87. The predicted octanol–water partition coefficient (Wildman–Crippen LogP) is 1.58. The number of imidazole rings is 1. The quantitative estimate of drug-likeness (QED) is 0.737. The molecule has 0 saturated carbocycles. The van der Waals surface area contributed by atoms with E-state index >= 15 is 0 Å². The molecule has 118 valence electrons. The lowest BCUT2D eigenvalue weighted by Gasteiger charge is -2.16. The zero-order valence-corrected chi connectivity index (χ0v) is 13.1. The Kier molecular flexibility index (Phi) is 3.46. The number of fused-ring (bicyclic) bond motifs is 1. The second kappa shape index (κ2) is 5.62. The van der Waals surface area contributed by atoms with Gasteiger partial charge < -0.3 is 0 Å². The van der Waals surface area contributed by atoms with E-state index in [-0.39, 0.29) is 11.7 Å². The van der Waals surface area contributed by atoms with Crippen molar-refractivity contribution in [3.8, 4) is 0 Å². The van der Waals surface area contributed by atoms with Crippen LogP contribution in [0.2, 0.25) is 0 Å². The maximum absolute atomic E-state index is 12.6. The van der Waals surface area contributed by atoms with Gasteiger partial charge in [-0.15, -0.1) is 0 Å². The molecule has 1 aliphatic rings. The fourth-order valence-electron chi connectivity index (χ4n) is 3.44. The molecule has 1 atom stereocenters. The van der Waals surface area contributed by atoms with Crippen LogP contribution in [0.3, 0.4) is 0 Å². The molecule has 0 unspecified atom stereocenters. The van der Waals surface area contributed by atoms with E-state index in [2.05, 4.69) is 20.9 Å². The second-order valence-corrected chi connectivity index (χ2v) is 6.10. The molecule has 0 spiro atoms. The molecule has 0 radical (unpaired) electrons. The van der Waals surface area contributed by atoms with Crippen LogP contribution in [0, 0.1) is 0 Å². The van der Waals surface area contributed by atoms with Gasteiger partial charge in [-0.1, -0.05) is 6.07 Å². The highest BCUT2D eigenvalue weighted by Crippen LogP contribution is 2.24. The van der Waals surface area contributed by atoms with E-state index in [1.807, 2.05) is 36.0 Å². The van der Waals surface area contributed by atoms with Crippen LogP contribution >= 0.6 is 0 Å². The summed E-state index contributed by atoms with van der Waals surface area (Å²) in [5, 5.41) is 0. The lowest BCUT2D eigenvalue weighted by atomic mass is 10.2. The van der Waals surface area contributed by atoms with Crippen molar-refractivity contribution >= 4 is 11.2 Å². The van der Waals surface area contributed by atoms with Crippen molar-refractivity contribution in [3.05, 3.63) is 58.9 Å². The standard InChI is InChI=1S/C17H19N5O/c1-20-15-5-3-8-19-16(15)22(17(20)23)14-6-9-21(12-14)11-13-4-2-7-18-10-13/h2-5,7-8,10,14H,6,9,11-12H2,1H3/t14-/m1/s1. The number of aromatic nitrogens is 4. The first kappa shape index (κ1) is 14.1. The van der Waals surface area contributed by atoms with Gasteiger partial charge >= 0.3 is 5.69 Å². The average molecular weight is 309 g/mol. The van der Waals surface area contributed by atoms with Crippen LogP contribution in [0.5, 0.6) is 0 Å². The van der Waals surface area contributed by atoms with Crippen molar-refractivity contribution < 1.29 is 0 Å². The molecule has 0 aromatic carbocycles. The summed E-state index contributed by atoms with van der Waals surface area (Å²) in [5.41, 5.74) is 2.90. The van der Waals surface area contributed by atoms with Crippen LogP contribution in [-0.4, -0.2) is 37.1 Å². The summed E-state index contributed by atoms with van der Waals surface area (Å²) in [6.45, 7) is 2.72. The number of nitrogens with zero attached hydrogens (tertiary/aromatic N) is 5. The van der Waals surface area contributed by atoms with E-state index in [4.69, 9.17) is 0 Å². The number of hydrogen-bond acceptors (Lipinski definition) is 4. The SMILES string of the molecule is Cn1c(=O)n([C@@H]2CCN(Cc3cccnc3)C2)c2ncccc21. The van der Waals surface area contributed by atoms with E-state index in [9.17, 15) is 4.79 Å². The molecule has 4 heterocycles. The Morgan fingerprint density at radius 3 is 2.96 bits per heavy atom. The first-order chi connectivity index (χ1) is 11.2. The maximum atomic E-state index is 12.6. The van der Waals surface area contributed by atoms with Crippen LogP contribution < -0.4 is 5.69 Å². The summed E-state index contributed by atoms with van der Waals surface area (Å²) in [5.74, 6) is 0. The van der Waals surface area contributed by atoms with Gasteiger partial charge in [0.2, 0.25) is 0 Å². The highest BCUT2D eigenvalue weighted by molar-refractivity contribution is 5.71. The first-order valence-corrected chi connectivity index (χ1v) is 7.87. The second-order valence-electron chi connectivity index (χ2n) is 6.10. The molecule has 1 saturated heterocycles. The van der Waals surface area contributed by atoms with Gasteiger partial charge in [0.15, 0.2) is 5.65 Å². The van der Waals surface area contributed by atoms with Gasteiger partial charge in [0.05, 0.1) is 11.6 Å². The minimum atomic E-state index is 0.0203. The monoisotopic (exact) mass is 309 g/mol. The van der Waals surface area contributed by atoms with Crippen LogP contribution in [0.15, 0.2) is 47.7 Å². The minimum absolute atomic E-state index is 0.0203. The van der Waals surface area contributed by atoms with Crippen molar-refractivity contribution in [1.29, 1.82) is 0 Å². The fourth-order valence-corrected chi connectivity index (χ4v) is 3.44. The zero-order valence-electron chi connectivity index (χ0n) is 13.1. The Hall–Kier alpha value is -2.47. The lowest BCUT2D eigenvalue weighted by molar-refractivity contribution is 0.315. The van der Waals surface area contributed by atoms with Gasteiger partial charge in [-0.05, 0) is 30.2 Å². The van der Waals surface area contributed by atoms with Crippen molar-refractivity contribution in [2.24, 2.45) is 7.05 Å². The molecule has 0 amide bonds. The number of pyridine rings is 2. The molecule has 0 bridgehead atoms. The van der Waals surface area contributed by atoms with Gasteiger partial charge in [-0.2, -0.15) is 0 Å². The van der Waals surface area contributed by atoms with Crippen molar-refractivity contribution in [2.45, 2.75) is 19.0 Å². The Bertz CT molecular complexity index is 883. The number of hydrogen-bond donors (Lipinski definition) is 0. The van der Waals surface area contributed by atoms with Gasteiger partial charge in [0, 0.05) is 45.3 Å². The highest BCUT2D eigenvalue weighted by atomic mass is 16.1. The maximum Gasteiger partial charge on any atom is 0.330 e. The topological polar surface area (TPSA) is 56.0 Å². The van der Waals surface area contributed by atoms with Crippen molar-refractivity contribution in [2.75, 3.05) is 13.1 Å². The van der Waals surface area contributed by atoms with Gasteiger partial charge in [-0.3, -0.25) is 19.0 Å². The summed E-state index contributed by atoms with van der Waals surface area (Å²) in [4.78, 5) is 23.6. The van der Waals surface area contributed by atoms with Gasteiger partial charge in [0.1, 0.15) is 0 Å². The molecule has 6 heteroatoms.